The van der Waals surface area contributed by atoms with Gasteiger partial charge in [0.05, 0.1) is 22.8 Å². The summed E-state index contributed by atoms with van der Waals surface area (Å²) in [7, 11) is 1.72. The number of methoxy groups -OCH3 is 1. The summed E-state index contributed by atoms with van der Waals surface area (Å²) in [5.74, 6) is 0.948. The predicted molar refractivity (Wildman–Crippen MR) is 89.4 cm³/mol. The van der Waals surface area contributed by atoms with Gasteiger partial charge in [-0.25, -0.2) is 4.98 Å². The third kappa shape index (κ3) is 3.16. The quantitative estimate of drug-likeness (QED) is 0.760. The Morgan fingerprint density at radius 3 is 2.95 bits per heavy atom. The second-order valence-electron chi connectivity index (χ2n) is 5.10. The van der Waals surface area contributed by atoms with Gasteiger partial charge < -0.3 is 10.1 Å². The molecule has 0 aliphatic heterocycles. The van der Waals surface area contributed by atoms with E-state index in [1.165, 1.54) is 10.3 Å². The number of nitrogens with zero attached hydrogens (tertiary/aromatic N) is 1. The Labute approximate surface area is 128 Å². The average molecular weight is 298 g/mol. The van der Waals surface area contributed by atoms with Crippen molar-refractivity contribution in [3.8, 4) is 5.75 Å². The second-order valence-corrected chi connectivity index (χ2v) is 5.98. The molecule has 3 aromatic rings. The van der Waals surface area contributed by atoms with E-state index in [9.17, 15) is 0 Å². The first kappa shape index (κ1) is 13.9. The molecule has 0 saturated heterocycles. The second kappa shape index (κ2) is 6.14. The molecule has 0 aliphatic rings. The SMILES string of the molecule is COc1ccccc1CC(C)Nc1ccc2ncsc2c1. The van der Waals surface area contributed by atoms with Crippen LogP contribution in [0.3, 0.4) is 0 Å². The lowest BCUT2D eigenvalue weighted by molar-refractivity contribution is 0.409. The first-order valence-electron chi connectivity index (χ1n) is 6.98. The van der Waals surface area contributed by atoms with Gasteiger partial charge in [-0.3, -0.25) is 0 Å². The number of rotatable bonds is 5. The minimum absolute atomic E-state index is 0.326. The fraction of sp³-hybridized carbons (Fsp3) is 0.235. The summed E-state index contributed by atoms with van der Waals surface area (Å²) in [6.07, 6.45) is 0.921. The normalized spacial score (nSPS) is 12.3. The first-order valence-corrected chi connectivity index (χ1v) is 7.86. The summed E-state index contributed by atoms with van der Waals surface area (Å²) >= 11 is 1.67. The highest BCUT2D eigenvalue weighted by atomic mass is 32.1. The Kier molecular flexibility index (Phi) is 4.06. The molecule has 1 aromatic heterocycles. The van der Waals surface area contributed by atoms with E-state index in [-0.39, 0.29) is 0 Å². The van der Waals surface area contributed by atoms with E-state index < -0.39 is 0 Å². The number of nitrogens with one attached hydrogen (secondary N) is 1. The minimum Gasteiger partial charge on any atom is -0.496 e. The van der Waals surface area contributed by atoms with E-state index in [2.05, 4.69) is 41.5 Å². The summed E-state index contributed by atoms with van der Waals surface area (Å²) in [5, 5.41) is 3.55. The molecule has 0 spiro atoms. The monoisotopic (exact) mass is 298 g/mol. The number of fused-ring (bicyclic) bond motifs is 1. The zero-order valence-electron chi connectivity index (χ0n) is 12.2. The van der Waals surface area contributed by atoms with Crippen LogP contribution < -0.4 is 10.1 Å². The Morgan fingerprint density at radius 1 is 1.24 bits per heavy atom. The van der Waals surface area contributed by atoms with Gasteiger partial charge in [0.25, 0.3) is 0 Å². The number of anilines is 1. The standard InChI is InChI=1S/C17H18N2OS/c1-12(9-13-5-3-4-6-16(13)20-2)19-14-7-8-15-17(10-14)21-11-18-15/h3-8,10-12,19H,9H2,1-2H3. The molecule has 0 saturated carbocycles. The molecule has 3 rings (SSSR count). The van der Waals surface area contributed by atoms with Crippen LogP contribution >= 0.6 is 11.3 Å². The van der Waals surface area contributed by atoms with Gasteiger partial charge in [0, 0.05) is 11.7 Å². The molecular formula is C17H18N2OS. The Balaban J connectivity index is 1.72. The van der Waals surface area contributed by atoms with E-state index >= 15 is 0 Å². The van der Waals surface area contributed by atoms with Crippen LogP contribution in [0.1, 0.15) is 12.5 Å². The molecule has 0 aliphatic carbocycles. The lowest BCUT2D eigenvalue weighted by atomic mass is 10.1. The van der Waals surface area contributed by atoms with Gasteiger partial charge in [-0.2, -0.15) is 0 Å². The van der Waals surface area contributed by atoms with E-state index in [1.807, 2.05) is 23.7 Å². The van der Waals surface area contributed by atoms with Gasteiger partial charge in [-0.15, -0.1) is 11.3 Å². The maximum absolute atomic E-state index is 5.41. The third-order valence-corrected chi connectivity index (χ3v) is 4.25. The van der Waals surface area contributed by atoms with Crippen molar-refractivity contribution < 1.29 is 4.74 Å². The molecule has 1 N–H and O–H groups in total. The Morgan fingerprint density at radius 2 is 2.10 bits per heavy atom. The van der Waals surface area contributed by atoms with Crippen molar-refractivity contribution in [2.45, 2.75) is 19.4 Å². The van der Waals surface area contributed by atoms with Gasteiger partial charge in [0.15, 0.2) is 0 Å². The van der Waals surface area contributed by atoms with Crippen LogP contribution in [0.5, 0.6) is 5.75 Å². The fourth-order valence-corrected chi connectivity index (χ4v) is 3.20. The molecule has 21 heavy (non-hydrogen) atoms. The maximum atomic E-state index is 5.41. The maximum Gasteiger partial charge on any atom is 0.122 e. The average Bonchev–Trinajstić information content (AvgIpc) is 2.95. The summed E-state index contributed by atoms with van der Waals surface area (Å²) in [6, 6.07) is 14.8. The van der Waals surface area contributed by atoms with Crippen molar-refractivity contribution in [2.75, 3.05) is 12.4 Å². The van der Waals surface area contributed by atoms with Crippen molar-refractivity contribution in [3.05, 3.63) is 53.5 Å². The molecule has 108 valence electrons. The number of hydrogen-bond acceptors (Lipinski definition) is 4. The number of benzene rings is 2. The molecule has 2 aromatic carbocycles. The van der Waals surface area contributed by atoms with Crippen molar-refractivity contribution in [2.24, 2.45) is 0 Å². The van der Waals surface area contributed by atoms with Crippen molar-refractivity contribution in [1.29, 1.82) is 0 Å². The molecular weight excluding hydrogens is 280 g/mol. The van der Waals surface area contributed by atoms with Gasteiger partial charge in [-0.1, -0.05) is 18.2 Å². The first-order chi connectivity index (χ1) is 10.3. The highest BCUT2D eigenvalue weighted by Crippen LogP contribution is 2.24. The largest absolute Gasteiger partial charge is 0.496 e. The van der Waals surface area contributed by atoms with Crippen LogP contribution in [0, 0.1) is 0 Å². The van der Waals surface area contributed by atoms with Crippen LogP contribution in [0.4, 0.5) is 5.69 Å². The van der Waals surface area contributed by atoms with E-state index in [0.29, 0.717) is 6.04 Å². The molecule has 1 atom stereocenters. The predicted octanol–water partition coefficient (Wildman–Crippen LogP) is 4.35. The molecule has 1 heterocycles. The molecule has 0 bridgehead atoms. The molecule has 4 heteroatoms. The van der Waals surface area contributed by atoms with E-state index in [4.69, 9.17) is 4.74 Å². The lowest BCUT2D eigenvalue weighted by Gasteiger charge is -2.17. The summed E-state index contributed by atoms with van der Waals surface area (Å²) < 4.78 is 6.62. The molecule has 1 unspecified atom stereocenters. The van der Waals surface area contributed by atoms with Crippen LogP contribution in [-0.2, 0) is 6.42 Å². The fourth-order valence-electron chi connectivity index (χ4n) is 2.48. The molecule has 3 nitrogen and oxygen atoms in total. The molecule has 0 amide bonds. The zero-order chi connectivity index (χ0) is 14.7. The summed E-state index contributed by atoms with van der Waals surface area (Å²) in [4.78, 5) is 4.30. The third-order valence-electron chi connectivity index (χ3n) is 3.46. The van der Waals surface area contributed by atoms with Crippen LogP contribution in [0.25, 0.3) is 10.2 Å². The minimum atomic E-state index is 0.326. The smallest absolute Gasteiger partial charge is 0.122 e. The number of thiazole rings is 1. The van der Waals surface area contributed by atoms with Crippen LogP contribution in [0.15, 0.2) is 48.0 Å². The van der Waals surface area contributed by atoms with Gasteiger partial charge in [0.2, 0.25) is 0 Å². The molecule has 0 radical (unpaired) electrons. The highest BCUT2D eigenvalue weighted by Gasteiger charge is 2.08. The van der Waals surface area contributed by atoms with E-state index in [0.717, 1.165) is 23.4 Å². The van der Waals surface area contributed by atoms with Gasteiger partial charge in [-0.05, 0) is 43.2 Å². The Bertz CT molecular complexity index is 738. The highest BCUT2D eigenvalue weighted by molar-refractivity contribution is 7.16. The number of ether oxygens (including phenoxy) is 1. The topological polar surface area (TPSA) is 34.1 Å². The number of para-hydroxylation sites is 1. The number of aromatic nitrogens is 1. The van der Waals surface area contributed by atoms with Gasteiger partial charge in [0.1, 0.15) is 5.75 Å². The van der Waals surface area contributed by atoms with Crippen LogP contribution in [-0.4, -0.2) is 18.1 Å². The lowest BCUT2D eigenvalue weighted by Crippen LogP contribution is -2.18. The summed E-state index contributed by atoms with van der Waals surface area (Å²) in [5.41, 5.74) is 5.29. The van der Waals surface area contributed by atoms with Gasteiger partial charge >= 0.3 is 0 Å². The van der Waals surface area contributed by atoms with Crippen LogP contribution in [0.2, 0.25) is 0 Å². The summed E-state index contributed by atoms with van der Waals surface area (Å²) in [6.45, 7) is 2.18. The van der Waals surface area contributed by atoms with Crippen molar-refractivity contribution in [1.82, 2.24) is 4.98 Å². The Hall–Kier alpha value is -2.07. The molecule has 0 fully saturated rings. The number of hydrogen-bond donors (Lipinski definition) is 1. The van der Waals surface area contributed by atoms with Crippen molar-refractivity contribution >= 4 is 27.2 Å². The zero-order valence-corrected chi connectivity index (χ0v) is 13.0. The van der Waals surface area contributed by atoms with E-state index in [1.54, 1.807) is 18.4 Å². The van der Waals surface area contributed by atoms with Crippen molar-refractivity contribution in [3.63, 3.8) is 0 Å².